The third-order valence-corrected chi connectivity index (χ3v) is 3.02. The van der Waals surface area contributed by atoms with Crippen LogP contribution in [0.15, 0.2) is 0 Å². The molecule has 0 bridgehead atoms. The van der Waals surface area contributed by atoms with E-state index < -0.39 is 0 Å². The topological polar surface area (TPSA) is 29.1 Å². The average molecular weight is 169 g/mol. The molecule has 0 heterocycles. The van der Waals surface area contributed by atoms with Gasteiger partial charge in [0, 0.05) is 6.04 Å². The van der Waals surface area contributed by atoms with Crippen molar-refractivity contribution in [1.29, 1.82) is 0 Å². The monoisotopic (exact) mass is 169 g/mol. The summed E-state index contributed by atoms with van der Waals surface area (Å²) in [7, 11) is 0. The highest BCUT2D eigenvalue weighted by atomic mass is 16.1. The van der Waals surface area contributed by atoms with Gasteiger partial charge in [-0.2, -0.15) is 0 Å². The summed E-state index contributed by atoms with van der Waals surface area (Å²) in [6.45, 7) is 4.58. The number of hydrogen-bond donors (Lipinski definition) is 1. The molecule has 0 spiro atoms. The van der Waals surface area contributed by atoms with Crippen molar-refractivity contribution in [3.05, 3.63) is 0 Å². The van der Waals surface area contributed by atoms with Gasteiger partial charge in [-0.3, -0.25) is 4.79 Å². The summed E-state index contributed by atoms with van der Waals surface area (Å²) >= 11 is 0. The lowest BCUT2D eigenvalue weighted by Crippen LogP contribution is -2.33. The minimum Gasteiger partial charge on any atom is -0.356 e. The summed E-state index contributed by atoms with van der Waals surface area (Å²) in [5, 5.41) is 2.86. The van der Waals surface area contributed by atoms with Crippen molar-refractivity contribution in [3.8, 4) is 0 Å². The number of carbonyl (C=O) groups is 1. The third-order valence-electron chi connectivity index (χ3n) is 3.02. The van der Waals surface area contributed by atoms with Crippen molar-refractivity contribution in [2.75, 3.05) is 0 Å². The van der Waals surface area contributed by atoms with Crippen molar-refractivity contribution < 1.29 is 4.79 Å². The molecule has 0 aromatic rings. The molecule has 0 aromatic heterocycles. The van der Waals surface area contributed by atoms with Crippen molar-refractivity contribution in [3.63, 3.8) is 0 Å². The zero-order valence-electron chi connectivity index (χ0n) is 8.05. The van der Waals surface area contributed by atoms with Gasteiger partial charge in [0.15, 0.2) is 0 Å². The van der Waals surface area contributed by atoms with E-state index in [0.717, 1.165) is 18.2 Å². The molecule has 12 heavy (non-hydrogen) atoms. The Labute approximate surface area is 74.7 Å². The fourth-order valence-corrected chi connectivity index (χ4v) is 2.05. The van der Waals surface area contributed by atoms with Crippen LogP contribution in [0.4, 0.5) is 0 Å². The molecule has 1 saturated carbocycles. The molecule has 0 atom stereocenters. The number of nitrogens with one attached hydrogen (secondary N) is 1. The molecule has 0 radical (unpaired) electrons. The van der Waals surface area contributed by atoms with Gasteiger partial charge in [0.05, 0.1) is 0 Å². The molecule has 0 saturated heterocycles. The van der Waals surface area contributed by atoms with Gasteiger partial charge in [-0.1, -0.05) is 13.8 Å². The molecule has 1 fully saturated rings. The van der Waals surface area contributed by atoms with Crippen LogP contribution >= 0.6 is 0 Å². The van der Waals surface area contributed by atoms with Gasteiger partial charge in [-0.05, 0) is 37.5 Å². The summed E-state index contributed by atoms with van der Waals surface area (Å²) < 4.78 is 0. The van der Waals surface area contributed by atoms with Gasteiger partial charge >= 0.3 is 0 Å². The zero-order chi connectivity index (χ0) is 8.97. The van der Waals surface area contributed by atoms with E-state index in [4.69, 9.17) is 0 Å². The average Bonchev–Trinajstić information content (AvgIpc) is 2.06. The van der Waals surface area contributed by atoms with Crippen LogP contribution in [0.1, 0.15) is 39.5 Å². The molecular formula is C10H19NO. The van der Waals surface area contributed by atoms with Crippen LogP contribution in [0.3, 0.4) is 0 Å². The molecule has 1 aliphatic rings. The first kappa shape index (κ1) is 9.56. The second-order valence-electron chi connectivity index (χ2n) is 4.14. The fourth-order valence-electron chi connectivity index (χ4n) is 2.05. The quantitative estimate of drug-likeness (QED) is 0.643. The van der Waals surface area contributed by atoms with Gasteiger partial charge < -0.3 is 5.32 Å². The van der Waals surface area contributed by atoms with E-state index in [1.165, 1.54) is 25.7 Å². The maximum absolute atomic E-state index is 10.2. The van der Waals surface area contributed by atoms with Gasteiger partial charge in [-0.25, -0.2) is 0 Å². The predicted octanol–water partition coefficient (Wildman–Crippen LogP) is 1.95. The smallest absolute Gasteiger partial charge is 0.207 e. The van der Waals surface area contributed by atoms with Crippen molar-refractivity contribution in [1.82, 2.24) is 5.32 Å². The largest absolute Gasteiger partial charge is 0.356 e. The van der Waals surface area contributed by atoms with Gasteiger partial charge in [-0.15, -0.1) is 0 Å². The Morgan fingerprint density at radius 2 is 1.83 bits per heavy atom. The van der Waals surface area contributed by atoms with Crippen molar-refractivity contribution in [2.24, 2.45) is 11.8 Å². The molecule has 2 nitrogen and oxygen atoms in total. The third kappa shape index (κ3) is 2.50. The molecule has 0 aromatic carbocycles. The highest BCUT2D eigenvalue weighted by Crippen LogP contribution is 2.29. The second-order valence-corrected chi connectivity index (χ2v) is 4.14. The van der Waals surface area contributed by atoms with Crippen LogP contribution in [0.2, 0.25) is 0 Å². The molecule has 1 rings (SSSR count). The Morgan fingerprint density at radius 1 is 1.25 bits per heavy atom. The SMILES string of the molecule is CC(C)C1CCC(NC=O)CC1. The Balaban J connectivity index is 2.24. The maximum Gasteiger partial charge on any atom is 0.207 e. The van der Waals surface area contributed by atoms with E-state index >= 15 is 0 Å². The first-order valence-corrected chi connectivity index (χ1v) is 4.93. The molecule has 0 aliphatic heterocycles. The van der Waals surface area contributed by atoms with E-state index in [2.05, 4.69) is 19.2 Å². The standard InChI is InChI=1S/C10H19NO/c1-8(2)9-3-5-10(6-4-9)11-7-12/h7-10H,3-6H2,1-2H3,(H,11,12). The Kier molecular flexibility index (Phi) is 3.57. The van der Waals surface area contributed by atoms with Crippen LogP contribution < -0.4 is 5.32 Å². The summed E-state index contributed by atoms with van der Waals surface area (Å²) in [5.74, 6) is 1.69. The molecule has 1 aliphatic carbocycles. The lowest BCUT2D eigenvalue weighted by molar-refractivity contribution is -0.110. The van der Waals surface area contributed by atoms with E-state index in [0.29, 0.717) is 6.04 Å². The van der Waals surface area contributed by atoms with Crippen molar-refractivity contribution >= 4 is 6.41 Å². The minimum atomic E-state index is 0.456. The van der Waals surface area contributed by atoms with Gasteiger partial charge in [0.1, 0.15) is 0 Å². The van der Waals surface area contributed by atoms with Crippen molar-refractivity contribution in [2.45, 2.75) is 45.6 Å². The van der Waals surface area contributed by atoms with E-state index in [-0.39, 0.29) is 0 Å². The maximum atomic E-state index is 10.2. The van der Waals surface area contributed by atoms with Gasteiger partial charge in [0.25, 0.3) is 0 Å². The van der Waals surface area contributed by atoms with E-state index in [1.54, 1.807) is 0 Å². The number of amides is 1. The summed E-state index contributed by atoms with van der Waals surface area (Å²) in [4.78, 5) is 10.2. The summed E-state index contributed by atoms with van der Waals surface area (Å²) in [5.41, 5.74) is 0. The molecule has 1 N–H and O–H groups in total. The molecule has 70 valence electrons. The normalized spacial score (nSPS) is 30.2. The molecule has 0 unspecified atom stereocenters. The van der Waals surface area contributed by atoms with E-state index in [9.17, 15) is 4.79 Å². The Hall–Kier alpha value is -0.530. The summed E-state index contributed by atoms with van der Waals surface area (Å²) in [6, 6.07) is 0.456. The van der Waals surface area contributed by atoms with Crippen LogP contribution in [-0.2, 0) is 4.79 Å². The fraction of sp³-hybridized carbons (Fsp3) is 0.900. The summed E-state index contributed by atoms with van der Waals surface area (Å²) in [6.07, 6.45) is 5.73. The predicted molar refractivity (Wildman–Crippen MR) is 49.8 cm³/mol. The van der Waals surface area contributed by atoms with Gasteiger partial charge in [0.2, 0.25) is 6.41 Å². The first-order chi connectivity index (χ1) is 5.74. The van der Waals surface area contributed by atoms with Crippen LogP contribution in [-0.4, -0.2) is 12.5 Å². The lowest BCUT2D eigenvalue weighted by atomic mass is 9.80. The number of rotatable bonds is 3. The molecule has 2 heteroatoms. The van der Waals surface area contributed by atoms with Crippen LogP contribution in [0.25, 0.3) is 0 Å². The molecular weight excluding hydrogens is 150 g/mol. The Bertz CT molecular complexity index is 137. The zero-order valence-corrected chi connectivity index (χ0v) is 8.05. The molecule has 1 amide bonds. The first-order valence-electron chi connectivity index (χ1n) is 4.93. The minimum absolute atomic E-state index is 0.456. The highest BCUT2D eigenvalue weighted by molar-refractivity contribution is 5.46. The van der Waals surface area contributed by atoms with E-state index in [1.807, 2.05) is 0 Å². The van der Waals surface area contributed by atoms with Crippen LogP contribution in [0, 0.1) is 11.8 Å². The van der Waals surface area contributed by atoms with Crippen LogP contribution in [0.5, 0.6) is 0 Å². The highest BCUT2D eigenvalue weighted by Gasteiger charge is 2.22. The second kappa shape index (κ2) is 4.48. The lowest BCUT2D eigenvalue weighted by Gasteiger charge is -2.30. The number of carbonyl (C=O) groups excluding carboxylic acids is 1. The number of hydrogen-bond acceptors (Lipinski definition) is 1. The Morgan fingerprint density at radius 3 is 2.25 bits per heavy atom.